The molecule has 0 aliphatic carbocycles. The number of amides is 1. The summed E-state index contributed by atoms with van der Waals surface area (Å²) in [6.45, 7) is 1.18. The number of halogens is 1. The zero-order chi connectivity index (χ0) is 9.14. The van der Waals surface area contributed by atoms with Gasteiger partial charge in [0, 0.05) is 13.6 Å². The molecule has 0 saturated carbocycles. The van der Waals surface area contributed by atoms with Gasteiger partial charge in [-0.1, -0.05) is 0 Å². The molecule has 1 heterocycles. The van der Waals surface area contributed by atoms with Gasteiger partial charge in [-0.2, -0.15) is 0 Å². The number of rotatable bonds is 1. The minimum Gasteiger partial charge on any atom is -0.359 e. The first-order valence-corrected chi connectivity index (χ1v) is 4.19. The van der Waals surface area contributed by atoms with Gasteiger partial charge in [0.15, 0.2) is 0 Å². The highest BCUT2D eigenvalue weighted by atomic mass is 19.1. The summed E-state index contributed by atoms with van der Waals surface area (Å²) in [5.74, 6) is -0.609. The number of carbonyl (C=O) groups is 1. The van der Waals surface area contributed by atoms with E-state index in [1.54, 1.807) is 7.05 Å². The molecule has 0 bridgehead atoms. The number of hydrogen-bond acceptors (Lipinski definition) is 2. The lowest BCUT2D eigenvalue weighted by Gasteiger charge is -2.30. The van der Waals surface area contributed by atoms with E-state index in [0.29, 0.717) is 13.0 Å². The smallest absolute Gasteiger partial charge is 0.225 e. The first-order chi connectivity index (χ1) is 5.65. The molecule has 0 aromatic rings. The number of piperidine rings is 1. The molecule has 0 aromatic carbocycles. The number of likely N-dealkylation sites (tertiary alicyclic amines) is 1. The van der Waals surface area contributed by atoms with Crippen molar-refractivity contribution in [2.45, 2.75) is 12.6 Å². The predicted molar refractivity (Wildman–Crippen MR) is 44.6 cm³/mol. The molecule has 0 aromatic heterocycles. The van der Waals surface area contributed by atoms with Crippen LogP contribution in [0.15, 0.2) is 0 Å². The first-order valence-electron chi connectivity index (χ1n) is 4.19. The third-order valence-electron chi connectivity index (χ3n) is 2.33. The Bertz CT molecular complexity index is 174. The lowest BCUT2D eigenvalue weighted by molar-refractivity contribution is -0.128. The van der Waals surface area contributed by atoms with E-state index in [9.17, 15) is 9.18 Å². The normalized spacial score (nSPS) is 31.6. The quantitative estimate of drug-likeness (QED) is 0.608. The molecule has 2 unspecified atom stereocenters. The van der Waals surface area contributed by atoms with Crippen LogP contribution >= 0.6 is 0 Å². The van der Waals surface area contributed by atoms with Crippen molar-refractivity contribution in [2.75, 3.05) is 27.2 Å². The second-order valence-electron chi connectivity index (χ2n) is 3.29. The number of nitrogens with one attached hydrogen (secondary N) is 1. The van der Waals surface area contributed by atoms with Gasteiger partial charge in [0.2, 0.25) is 5.91 Å². The van der Waals surface area contributed by atoms with E-state index in [2.05, 4.69) is 5.32 Å². The Balaban J connectivity index is 2.50. The van der Waals surface area contributed by atoms with Crippen LogP contribution in [0.5, 0.6) is 0 Å². The third kappa shape index (κ3) is 1.94. The van der Waals surface area contributed by atoms with Gasteiger partial charge in [0.1, 0.15) is 6.17 Å². The van der Waals surface area contributed by atoms with E-state index in [1.807, 2.05) is 11.9 Å². The minimum absolute atomic E-state index is 0.171. The van der Waals surface area contributed by atoms with Crippen molar-refractivity contribution in [3.05, 3.63) is 0 Å². The highest BCUT2D eigenvalue weighted by Crippen LogP contribution is 2.19. The van der Waals surface area contributed by atoms with Crippen molar-refractivity contribution in [3.63, 3.8) is 0 Å². The zero-order valence-corrected chi connectivity index (χ0v) is 7.51. The molecular weight excluding hydrogens is 159 g/mol. The van der Waals surface area contributed by atoms with E-state index in [4.69, 9.17) is 0 Å². The van der Waals surface area contributed by atoms with Crippen LogP contribution in [0.1, 0.15) is 6.42 Å². The third-order valence-corrected chi connectivity index (χ3v) is 2.33. The topological polar surface area (TPSA) is 32.3 Å². The van der Waals surface area contributed by atoms with Crippen LogP contribution in [0.2, 0.25) is 0 Å². The average molecular weight is 174 g/mol. The Labute approximate surface area is 71.9 Å². The molecule has 1 aliphatic heterocycles. The summed E-state index contributed by atoms with van der Waals surface area (Å²) < 4.78 is 13.2. The highest BCUT2D eigenvalue weighted by molar-refractivity contribution is 5.79. The number of carbonyl (C=O) groups excluding carboxylic acids is 1. The molecular formula is C8H15FN2O. The fourth-order valence-corrected chi connectivity index (χ4v) is 1.54. The summed E-state index contributed by atoms with van der Waals surface area (Å²) >= 11 is 0. The molecule has 12 heavy (non-hydrogen) atoms. The monoisotopic (exact) mass is 174 g/mol. The van der Waals surface area contributed by atoms with Gasteiger partial charge in [0.25, 0.3) is 0 Å². The molecule has 1 rings (SSSR count). The molecule has 3 nitrogen and oxygen atoms in total. The molecule has 1 fully saturated rings. The Morgan fingerprint density at radius 1 is 1.67 bits per heavy atom. The Kier molecular flexibility index (Phi) is 3.03. The molecule has 0 spiro atoms. The van der Waals surface area contributed by atoms with Gasteiger partial charge in [-0.25, -0.2) is 4.39 Å². The molecule has 1 amide bonds. The molecule has 1 N–H and O–H groups in total. The molecule has 2 atom stereocenters. The molecule has 4 heteroatoms. The molecule has 0 radical (unpaired) electrons. The van der Waals surface area contributed by atoms with E-state index >= 15 is 0 Å². The van der Waals surface area contributed by atoms with Crippen molar-refractivity contribution < 1.29 is 9.18 Å². The summed E-state index contributed by atoms with van der Waals surface area (Å²) in [5, 5.41) is 2.48. The van der Waals surface area contributed by atoms with Gasteiger partial charge in [-0.3, -0.25) is 4.79 Å². The van der Waals surface area contributed by atoms with E-state index < -0.39 is 12.1 Å². The zero-order valence-electron chi connectivity index (χ0n) is 7.51. The average Bonchev–Trinajstić information content (AvgIpc) is 2.03. The number of nitrogens with zero attached hydrogens (tertiary/aromatic N) is 1. The summed E-state index contributed by atoms with van der Waals surface area (Å²) in [6.07, 6.45) is -0.388. The number of alkyl halides is 1. The van der Waals surface area contributed by atoms with Crippen LogP contribution in [0.4, 0.5) is 4.39 Å². The van der Waals surface area contributed by atoms with Crippen LogP contribution in [0.3, 0.4) is 0 Å². The van der Waals surface area contributed by atoms with E-state index in [0.717, 1.165) is 6.54 Å². The lowest BCUT2D eigenvalue weighted by atomic mass is 9.94. The second kappa shape index (κ2) is 3.85. The van der Waals surface area contributed by atoms with Crippen molar-refractivity contribution in [3.8, 4) is 0 Å². The Hall–Kier alpha value is -0.640. The summed E-state index contributed by atoms with van der Waals surface area (Å²) in [6, 6.07) is 0. The fourth-order valence-electron chi connectivity index (χ4n) is 1.54. The first kappa shape index (κ1) is 9.45. The van der Waals surface area contributed by atoms with Crippen molar-refractivity contribution in [1.29, 1.82) is 0 Å². The second-order valence-corrected chi connectivity index (χ2v) is 3.29. The maximum Gasteiger partial charge on any atom is 0.225 e. The Morgan fingerprint density at radius 2 is 2.33 bits per heavy atom. The van der Waals surface area contributed by atoms with Gasteiger partial charge in [0.05, 0.1) is 5.92 Å². The van der Waals surface area contributed by atoms with Crippen molar-refractivity contribution in [2.24, 2.45) is 5.92 Å². The largest absolute Gasteiger partial charge is 0.359 e. The summed E-state index contributed by atoms with van der Waals surface area (Å²) in [5.41, 5.74) is 0. The molecule has 1 saturated heterocycles. The van der Waals surface area contributed by atoms with Crippen LogP contribution in [0.25, 0.3) is 0 Å². The predicted octanol–water partition coefficient (Wildman–Crippen LogP) is 0.0222. The van der Waals surface area contributed by atoms with Crippen molar-refractivity contribution in [1.82, 2.24) is 10.2 Å². The fraction of sp³-hybridized carbons (Fsp3) is 0.875. The van der Waals surface area contributed by atoms with Crippen LogP contribution in [0, 0.1) is 5.92 Å². The summed E-state index contributed by atoms with van der Waals surface area (Å²) in [4.78, 5) is 13.0. The standard InChI is InChI=1S/C8H15FN2O/c1-10-8(12)6-3-4-11(2)5-7(6)9/h6-7H,3-5H2,1-2H3,(H,10,12). The maximum absolute atomic E-state index is 13.2. The SMILES string of the molecule is CNC(=O)C1CCN(C)CC1F. The van der Waals surface area contributed by atoms with Crippen LogP contribution in [-0.2, 0) is 4.79 Å². The molecule has 1 aliphatic rings. The lowest BCUT2D eigenvalue weighted by Crippen LogP contribution is -2.45. The highest BCUT2D eigenvalue weighted by Gasteiger charge is 2.32. The maximum atomic E-state index is 13.2. The number of hydrogen-bond donors (Lipinski definition) is 1. The van der Waals surface area contributed by atoms with Gasteiger partial charge < -0.3 is 10.2 Å². The van der Waals surface area contributed by atoms with E-state index in [1.165, 1.54) is 0 Å². The van der Waals surface area contributed by atoms with Crippen LogP contribution < -0.4 is 5.32 Å². The molecule has 70 valence electrons. The summed E-state index contributed by atoms with van der Waals surface area (Å²) in [7, 11) is 3.42. The Morgan fingerprint density at radius 3 is 2.83 bits per heavy atom. The van der Waals surface area contributed by atoms with Gasteiger partial charge in [-0.05, 0) is 20.0 Å². The van der Waals surface area contributed by atoms with E-state index in [-0.39, 0.29) is 5.91 Å². The van der Waals surface area contributed by atoms with Crippen LogP contribution in [-0.4, -0.2) is 44.2 Å². The van der Waals surface area contributed by atoms with Crippen molar-refractivity contribution >= 4 is 5.91 Å². The van der Waals surface area contributed by atoms with Gasteiger partial charge in [-0.15, -0.1) is 0 Å². The minimum atomic E-state index is -1.01. The van der Waals surface area contributed by atoms with Gasteiger partial charge >= 0.3 is 0 Å².